The fourth-order valence-corrected chi connectivity index (χ4v) is 2.33. The monoisotopic (exact) mass is 275 g/mol. The highest BCUT2D eigenvalue weighted by Gasteiger charge is 2.27. The average molecular weight is 275 g/mol. The van der Waals surface area contributed by atoms with Crippen molar-refractivity contribution in [3.63, 3.8) is 0 Å². The van der Waals surface area contributed by atoms with Crippen LogP contribution in [0.3, 0.4) is 0 Å². The average Bonchev–Trinajstić information content (AvgIpc) is 2.43. The van der Waals surface area contributed by atoms with Crippen molar-refractivity contribution in [2.45, 2.75) is 12.5 Å². The largest absolute Gasteiger partial charge is 0.453 e. The van der Waals surface area contributed by atoms with Crippen LogP contribution in [-0.2, 0) is 9.53 Å². The van der Waals surface area contributed by atoms with E-state index < -0.39 is 6.04 Å². The van der Waals surface area contributed by atoms with Gasteiger partial charge in [-0.15, -0.1) is 0 Å². The highest BCUT2D eigenvalue weighted by atomic mass is 32.2. The molecule has 2 N–H and O–H groups in total. The fourth-order valence-electron chi connectivity index (χ4n) is 1.84. The van der Waals surface area contributed by atoms with E-state index in [2.05, 4.69) is 4.74 Å². The summed E-state index contributed by atoms with van der Waals surface area (Å²) < 4.78 is 4.64. The van der Waals surface area contributed by atoms with Crippen LogP contribution in [-0.4, -0.2) is 73.1 Å². The van der Waals surface area contributed by atoms with Crippen LogP contribution in [0, 0.1) is 0 Å². The number of thioether (sulfide) groups is 1. The number of piperazine rings is 1. The van der Waals surface area contributed by atoms with Gasteiger partial charge in [0.25, 0.3) is 0 Å². The summed E-state index contributed by atoms with van der Waals surface area (Å²) in [6, 6.07) is -0.429. The van der Waals surface area contributed by atoms with Crippen molar-refractivity contribution in [1.82, 2.24) is 9.80 Å². The Morgan fingerprint density at radius 1 is 1.28 bits per heavy atom. The van der Waals surface area contributed by atoms with E-state index >= 15 is 0 Å². The zero-order valence-electron chi connectivity index (χ0n) is 10.9. The number of amides is 2. The quantitative estimate of drug-likeness (QED) is 0.780. The summed E-state index contributed by atoms with van der Waals surface area (Å²) in [5.41, 5.74) is 5.84. The smallest absolute Gasteiger partial charge is 0.409 e. The molecule has 1 aliphatic rings. The predicted molar refractivity (Wildman–Crippen MR) is 71.5 cm³/mol. The molecule has 0 bridgehead atoms. The summed E-state index contributed by atoms with van der Waals surface area (Å²) in [6.45, 7) is 2.07. The molecule has 1 atom stereocenters. The van der Waals surface area contributed by atoms with E-state index in [0.29, 0.717) is 32.6 Å². The van der Waals surface area contributed by atoms with Crippen molar-refractivity contribution in [2.24, 2.45) is 5.73 Å². The Balaban J connectivity index is 2.37. The lowest BCUT2D eigenvalue weighted by atomic mass is 10.2. The standard InChI is InChI=1S/C11H21N3O3S/c1-17-11(16)14-6-4-13(5-7-14)10(15)9(12)3-8-18-2/h9H,3-8,12H2,1-2H3/t9-/m0/s1. The summed E-state index contributed by atoms with van der Waals surface area (Å²) in [7, 11) is 1.36. The molecule has 104 valence electrons. The number of carbonyl (C=O) groups is 2. The van der Waals surface area contributed by atoms with Crippen LogP contribution < -0.4 is 5.73 Å². The lowest BCUT2D eigenvalue weighted by Crippen LogP contribution is -2.54. The summed E-state index contributed by atoms with van der Waals surface area (Å²) >= 11 is 1.68. The van der Waals surface area contributed by atoms with Crippen molar-refractivity contribution < 1.29 is 14.3 Å². The van der Waals surface area contributed by atoms with Gasteiger partial charge in [-0.05, 0) is 18.4 Å². The van der Waals surface area contributed by atoms with E-state index in [1.54, 1.807) is 21.6 Å². The molecule has 1 rings (SSSR count). The first-order valence-electron chi connectivity index (χ1n) is 5.96. The van der Waals surface area contributed by atoms with Gasteiger partial charge in [0.05, 0.1) is 13.2 Å². The number of methoxy groups -OCH3 is 1. The van der Waals surface area contributed by atoms with E-state index in [4.69, 9.17) is 5.73 Å². The van der Waals surface area contributed by atoms with Gasteiger partial charge in [-0.25, -0.2) is 4.79 Å². The molecule has 18 heavy (non-hydrogen) atoms. The van der Waals surface area contributed by atoms with Crippen LogP contribution in [0.25, 0.3) is 0 Å². The molecule has 1 aliphatic heterocycles. The van der Waals surface area contributed by atoms with Gasteiger partial charge in [-0.1, -0.05) is 0 Å². The molecule has 1 saturated heterocycles. The van der Waals surface area contributed by atoms with Crippen molar-refractivity contribution in [1.29, 1.82) is 0 Å². The molecule has 2 amide bonds. The van der Waals surface area contributed by atoms with Crippen LogP contribution in [0.15, 0.2) is 0 Å². The second-order valence-corrected chi connectivity index (χ2v) is 5.16. The Bertz CT molecular complexity index is 293. The number of ether oxygens (including phenoxy) is 1. The van der Waals surface area contributed by atoms with Gasteiger partial charge in [0, 0.05) is 26.2 Å². The van der Waals surface area contributed by atoms with Crippen LogP contribution >= 0.6 is 11.8 Å². The molecule has 1 heterocycles. The van der Waals surface area contributed by atoms with Crippen LogP contribution in [0.1, 0.15) is 6.42 Å². The van der Waals surface area contributed by atoms with Crippen molar-refractivity contribution >= 4 is 23.8 Å². The first kappa shape index (κ1) is 15.1. The number of rotatable bonds is 4. The third-order valence-electron chi connectivity index (χ3n) is 2.97. The van der Waals surface area contributed by atoms with Gasteiger partial charge in [0.1, 0.15) is 0 Å². The normalized spacial score (nSPS) is 17.5. The van der Waals surface area contributed by atoms with E-state index in [0.717, 1.165) is 5.75 Å². The molecule has 6 nitrogen and oxygen atoms in total. The number of carbonyl (C=O) groups excluding carboxylic acids is 2. The molecular formula is C11H21N3O3S. The third-order valence-corrected chi connectivity index (χ3v) is 3.62. The molecule has 0 radical (unpaired) electrons. The van der Waals surface area contributed by atoms with E-state index in [-0.39, 0.29) is 12.0 Å². The van der Waals surface area contributed by atoms with E-state index in [1.165, 1.54) is 7.11 Å². The number of nitrogens with zero attached hydrogens (tertiary/aromatic N) is 2. The number of nitrogens with two attached hydrogens (primary N) is 1. The number of hydrogen-bond acceptors (Lipinski definition) is 5. The molecule has 0 aromatic heterocycles. The Kier molecular flexibility index (Phi) is 6.28. The molecule has 7 heteroatoms. The Morgan fingerprint density at radius 3 is 2.33 bits per heavy atom. The number of hydrogen-bond donors (Lipinski definition) is 1. The Labute approximate surface area is 112 Å². The van der Waals surface area contributed by atoms with E-state index in [9.17, 15) is 9.59 Å². The lowest BCUT2D eigenvalue weighted by molar-refractivity contribution is -0.134. The second kappa shape index (κ2) is 7.48. The van der Waals surface area contributed by atoms with Crippen molar-refractivity contribution in [2.75, 3.05) is 45.3 Å². The molecule has 0 aliphatic carbocycles. The summed E-state index contributed by atoms with van der Waals surface area (Å²) in [5, 5.41) is 0. The van der Waals surface area contributed by atoms with Gasteiger partial charge in [-0.2, -0.15) is 11.8 Å². The van der Waals surface area contributed by atoms with Gasteiger partial charge in [0.2, 0.25) is 5.91 Å². The molecule has 0 aromatic rings. The fraction of sp³-hybridized carbons (Fsp3) is 0.818. The Morgan fingerprint density at radius 2 is 1.83 bits per heavy atom. The molecule has 1 fully saturated rings. The van der Waals surface area contributed by atoms with Crippen molar-refractivity contribution in [3.8, 4) is 0 Å². The first-order valence-corrected chi connectivity index (χ1v) is 7.35. The van der Waals surface area contributed by atoms with Gasteiger partial charge in [0.15, 0.2) is 0 Å². The highest BCUT2D eigenvalue weighted by Crippen LogP contribution is 2.07. The Hall–Kier alpha value is -0.950. The summed E-state index contributed by atoms with van der Waals surface area (Å²) in [4.78, 5) is 26.6. The molecule has 0 spiro atoms. The highest BCUT2D eigenvalue weighted by molar-refractivity contribution is 7.98. The van der Waals surface area contributed by atoms with E-state index in [1.807, 2.05) is 6.26 Å². The maximum atomic E-state index is 12.0. The minimum absolute atomic E-state index is 0.0198. The summed E-state index contributed by atoms with van der Waals surface area (Å²) in [5.74, 6) is 0.864. The molecule has 0 saturated carbocycles. The first-order chi connectivity index (χ1) is 8.60. The van der Waals surface area contributed by atoms with Crippen LogP contribution in [0.4, 0.5) is 4.79 Å². The maximum Gasteiger partial charge on any atom is 0.409 e. The van der Waals surface area contributed by atoms with Gasteiger partial charge >= 0.3 is 6.09 Å². The van der Waals surface area contributed by atoms with Gasteiger partial charge < -0.3 is 20.3 Å². The third kappa shape index (κ3) is 4.06. The zero-order chi connectivity index (χ0) is 13.5. The van der Waals surface area contributed by atoms with Crippen LogP contribution in [0.2, 0.25) is 0 Å². The summed E-state index contributed by atoms with van der Waals surface area (Å²) in [6.07, 6.45) is 2.34. The van der Waals surface area contributed by atoms with Gasteiger partial charge in [-0.3, -0.25) is 4.79 Å². The minimum atomic E-state index is -0.429. The predicted octanol–water partition coefficient (Wildman–Crippen LogP) is -0.0226. The maximum absolute atomic E-state index is 12.0. The minimum Gasteiger partial charge on any atom is -0.453 e. The van der Waals surface area contributed by atoms with Crippen molar-refractivity contribution in [3.05, 3.63) is 0 Å². The SMILES string of the molecule is COC(=O)N1CCN(C(=O)[C@@H](N)CCSC)CC1. The molecular weight excluding hydrogens is 254 g/mol. The zero-order valence-corrected chi connectivity index (χ0v) is 11.7. The molecule has 0 aromatic carbocycles. The lowest BCUT2D eigenvalue weighted by Gasteiger charge is -2.35. The topological polar surface area (TPSA) is 75.9 Å². The molecule has 0 unspecified atom stereocenters. The second-order valence-electron chi connectivity index (χ2n) is 4.17. The van der Waals surface area contributed by atoms with Crippen LogP contribution in [0.5, 0.6) is 0 Å².